The second-order valence-electron chi connectivity index (χ2n) is 8.35. The maximum Gasteiger partial charge on any atom is 0.330 e. The van der Waals surface area contributed by atoms with Gasteiger partial charge < -0.3 is 14.8 Å². The Morgan fingerprint density at radius 1 is 1.22 bits per heavy atom. The number of ether oxygens (including phenoxy) is 2. The Kier molecular flexibility index (Phi) is 5.73. The summed E-state index contributed by atoms with van der Waals surface area (Å²) in [7, 11) is 3.03. The van der Waals surface area contributed by atoms with Crippen molar-refractivity contribution in [1.82, 2.24) is 14.5 Å². The lowest BCUT2D eigenvalue weighted by Crippen LogP contribution is -2.33. The highest BCUT2D eigenvalue weighted by Gasteiger charge is 2.29. The molecule has 1 aliphatic carbocycles. The number of aromatic amines is 1. The Morgan fingerprint density at radius 3 is 2.59 bits per heavy atom. The number of fused-ring (bicyclic) bond motifs is 1. The fourth-order valence-electron chi connectivity index (χ4n) is 3.70. The lowest BCUT2D eigenvalue weighted by atomic mass is 10.1. The summed E-state index contributed by atoms with van der Waals surface area (Å²) in [5, 5.41) is 2.91. The number of carbonyl (C=O) groups is 1. The molecule has 3 aromatic rings. The second-order valence-corrected chi connectivity index (χ2v) is 8.35. The van der Waals surface area contributed by atoms with Crippen LogP contribution in [0.25, 0.3) is 11.0 Å². The molecule has 9 heteroatoms. The van der Waals surface area contributed by atoms with Crippen molar-refractivity contribution in [2.45, 2.75) is 39.2 Å². The van der Waals surface area contributed by atoms with E-state index in [-0.39, 0.29) is 28.4 Å². The summed E-state index contributed by atoms with van der Waals surface area (Å²) in [6.45, 7) is 4.31. The highest BCUT2D eigenvalue weighted by Crippen LogP contribution is 2.40. The van der Waals surface area contributed by atoms with Gasteiger partial charge in [0.15, 0.2) is 5.65 Å². The minimum atomic E-state index is -0.636. The van der Waals surface area contributed by atoms with Gasteiger partial charge in [0.2, 0.25) is 0 Å². The average Bonchev–Trinajstić information content (AvgIpc) is 3.61. The van der Waals surface area contributed by atoms with Crippen LogP contribution in [-0.2, 0) is 6.54 Å². The largest absolute Gasteiger partial charge is 0.497 e. The number of H-pyrrole nitrogens is 1. The highest BCUT2D eigenvalue weighted by atomic mass is 16.5. The van der Waals surface area contributed by atoms with Gasteiger partial charge in [0.25, 0.3) is 11.5 Å². The number of rotatable bonds is 7. The normalized spacial score (nSPS) is 13.4. The summed E-state index contributed by atoms with van der Waals surface area (Å²) >= 11 is 0. The lowest BCUT2D eigenvalue weighted by Gasteiger charge is -2.16. The molecule has 0 saturated heterocycles. The van der Waals surface area contributed by atoms with E-state index in [2.05, 4.69) is 15.3 Å². The van der Waals surface area contributed by atoms with Crippen LogP contribution in [0, 0.1) is 5.92 Å². The summed E-state index contributed by atoms with van der Waals surface area (Å²) in [5.74, 6) is 0.866. The first-order valence-electron chi connectivity index (χ1n) is 10.5. The monoisotopic (exact) mass is 438 g/mol. The van der Waals surface area contributed by atoms with Crippen LogP contribution in [0.3, 0.4) is 0 Å². The summed E-state index contributed by atoms with van der Waals surface area (Å²) in [6.07, 6.45) is 1.92. The Hall–Kier alpha value is -3.62. The maximum absolute atomic E-state index is 13.4. The number of carbonyl (C=O) groups excluding carboxylic acids is 1. The van der Waals surface area contributed by atoms with E-state index in [0.717, 1.165) is 12.8 Å². The molecule has 9 nitrogen and oxygen atoms in total. The van der Waals surface area contributed by atoms with Gasteiger partial charge in [-0.15, -0.1) is 0 Å². The van der Waals surface area contributed by atoms with Gasteiger partial charge in [-0.2, -0.15) is 0 Å². The molecule has 1 fully saturated rings. The lowest BCUT2D eigenvalue weighted by molar-refractivity contribution is 0.102. The molecule has 4 rings (SSSR count). The fourth-order valence-corrected chi connectivity index (χ4v) is 3.70. The number of benzene rings is 1. The third kappa shape index (κ3) is 4.10. The SMILES string of the molecule is COc1ccc(OC)c(NC(=O)c2cc(C3CC3)nc3c2c(=O)[nH]c(=O)n3CC(C)C)c1. The maximum atomic E-state index is 13.4. The molecule has 2 N–H and O–H groups in total. The van der Waals surface area contributed by atoms with Crippen LogP contribution in [0.15, 0.2) is 33.9 Å². The smallest absolute Gasteiger partial charge is 0.330 e. The van der Waals surface area contributed by atoms with Gasteiger partial charge in [-0.25, -0.2) is 9.78 Å². The quantitative estimate of drug-likeness (QED) is 0.586. The molecule has 0 radical (unpaired) electrons. The van der Waals surface area contributed by atoms with Crippen LogP contribution in [0.4, 0.5) is 5.69 Å². The molecule has 1 aliphatic rings. The molecule has 0 atom stereocenters. The zero-order valence-electron chi connectivity index (χ0n) is 18.5. The topological polar surface area (TPSA) is 115 Å². The van der Waals surface area contributed by atoms with Gasteiger partial charge in [0, 0.05) is 24.2 Å². The first-order chi connectivity index (χ1) is 15.3. The summed E-state index contributed by atoms with van der Waals surface area (Å²) in [5.41, 5.74) is 0.352. The molecule has 2 aromatic heterocycles. The number of amides is 1. The van der Waals surface area contributed by atoms with Crippen LogP contribution >= 0.6 is 0 Å². The Bertz CT molecular complexity index is 1300. The molecule has 0 aliphatic heterocycles. The van der Waals surface area contributed by atoms with Gasteiger partial charge in [-0.05, 0) is 37.0 Å². The number of hydrogen-bond acceptors (Lipinski definition) is 6. The number of nitrogens with zero attached hydrogens (tertiary/aromatic N) is 2. The van der Waals surface area contributed by atoms with Crippen LogP contribution in [0.2, 0.25) is 0 Å². The molecule has 0 bridgehead atoms. The van der Waals surface area contributed by atoms with Crippen molar-refractivity contribution in [3.05, 3.63) is 56.4 Å². The van der Waals surface area contributed by atoms with Crippen molar-refractivity contribution in [1.29, 1.82) is 0 Å². The van der Waals surface area contributed by atoms with Crippen molar-refractivity contribution in [2.75, 3.05) is 19.5 Å². The minimum absolute atomic E-state index is 0.0917. The highest BCUT2D eigenvalue weighted by molar-refractivity contribution is 6.12. The minimum Gasteiger partial charge on any atom is -0.497 e. The van der Waals surface area contributed by atoms with Gasteiger partial charge in [-0.3, -0.25) is 19.1 Å². The molecule has 1 aromatic carbocycles. The fraction of sp³-hybridized carbons (Fsp3) is 0.391. The second kappa shape index (κ2) is 8.49. The Morgan fingerprint density at radius 2 is 1.97 bits per heavy atom. The van der Waals surface area contributed by atoms with Gasteiger partial charge >= 0.3 is 5.69 Å². The molecular weight excluding hydrogens is 412 g/mol. The zero-order chi connectivity index (χ0) is 23.0. The molecule has 168 valence electrons. The molecule has 1 amide bonds. The number of pyridine rings is 1. The van der Waals surface area contributed by atoms with Crippen LogP contribution < -0.4 is 26.0 Å². The van der Waals surface area contributed by atoms with Crippen molar-refractivity contribution >= 4 is 22.6 Å². The number of nitrogens with one attached hydrogen (secondary N) is 2. The van der Waals surface area contributed by atoms with Crippen molar-refractivity contribution in [3.63, 3.8) is 0 Å². The average molecular weight is 438 g/mol. The Labute approximate surface area is 184 Å². The zero-order valence-corrected chi connectivity index (χ0v) is 18.5. The van der Waals surface area contributed by atoms with E-state index < -0.39 is 17.2 Å². The summed E-state index contributed by atoms with van der Waals surface area (Å²) in [4.78, 5) is 45.7. The van der Waals surface area contributed by atoms with Gasteiger partial charge in [0.1, 0.15) is 11.5 Å². The van der Waals surface area contributed by atoms with E-state index in [1.165, 1.54) is 18.8 Å². The summed E-state index contributed by atoms with van der Waals surface area (Å²) in [6, 6.07) is 6.70. The van der Waals surface area contributed by atoms with Crippen molar-refractivity contribution < 1.29 is 14.3 Å². The van der Waals surface area contributed by atoms with Crippen molar-refractivity contribution in [3.8, 4) is 11.5 Å². The standard InChI is InChI=1S/C23H26N4O5/c1-12(2)11-27-20-19(22(29)26-23(27)30)15(10-16(24-20)13-5-6-13)21(28)25-17-9-14(31-3)7-8-18(17)32-4/h7-10,12-13H,5-6,11H2,1-4H3,(H,25,28)(H,26,29,30). The number of hydrogen-bond donors (Lipinski definition) is 2. The van der Waals surface area contributed by atoms with Gasteiger partial charge in [0.05, 0.1) is 30.9 Å². The third-order valence-corrected chi connectivity index (χ3v) is 5.41. The first kappa shape index (κ1) is 21.6. The van der Waals surface area contributed by atoms with E-state index >= 15 is 0 Å². The molecule has 32 heavy (non-hydrogen) atoms. The molecule has 1 saturated carbocycles. The molecule has 2 heterocycles. The molecule has 0 unspecified atom stereocenters. The van der Waals surface area contributed by atoms with Crippen molar-refractivity contribution in [2.24, 2.45) is 5.92 Å². The Balaban J connectivity index is 1.89. The van der Waals surface area contributed by atoms with E-state index in [9.17, 15) is 14.4 Å². The van der Waals surface area contributed by atoms with E-state index in [4.69, 9.17) is 9.47 Å². The third-order valence-electron chi connectivity index (χ3n) is 5.41. The van der Waals surface area contributed by atoms with Crippen LogP contribution in [0.5, 0.6) is 11.5 Å². The van der Waals surface area contributed by atoms with Crippen LogP contribution in [-0.4, -0.2) is 34.7 Å². The van der Waals surface area contributed by atoms with Gasteiger partial charge in [-0.1, -0.05) is 13.8 Å². The number of aromatic nitrogens is 3. The summed E-state index contributed by atoms with van der Waals surface area (Å²) < 4.78 is 12.0. The van der Waals surface area contributed by atoms with E-state index in [0.29, 0.717) is 29.4 Å². The number of methoxy groups -OCH3 is 2. The molecular formula is C23H26N4O5. The predicted molar refractivity (Wildman–Crippen MR) is 121 cm³/mol. The van der Waals surface area contributed by atoms with E-state index in [1.54, 1.807) is 24.3 Å². The molecule has 0 spiro atoms. The predicted octanol–water partition coefficient (Wildman–Crippen LogP) is 2.89. The number of anilines is 1. The van der Waals surface area contributed by atoms with E-state index in [1.807, 2.05) is 13.8 Å². The first-order valence-corrected chi connectivity index (χ1v) is 10.5. The van der Waals surface area contributed by atoms with Crippen LogP contribution in [0.1, 0.15) is 48.7 Å².